The van der Waals surface area contributed by atoms with Crippen LogP contribution in [-0.4, -0.2) is 22.0 Å². The Balaban J connectivity index is 1.43. The van der Waals surface area contributed by atoms with Crippen molar-refractivity contribution >= 4 is 54.4 Å². The van der Waals surface area contributed by atoms with Gasteiger partial charge in [0.1, 0.15) is 6.54 Å². The van der Waals surface area contributed by atoms with Gasteiger partial charge in [0, 0.05) is 17.3 Å². The van der Waals surface area contributed by atoms with Crippen molar-refractivity contribution in [1.29, 1.82) is 0 Å². The highest BCUT2D eigenvalue weighted by molar-refractivity contribution is 7.22. The van der Waals surface area contributed by atoms with Crippen molar-refractivity contribution in [2.24, 2.45) is 0 Å². The third-order valence-electron chi connectivity index (χ3n) is 6.45. The molecule has 2 aromatic heterocycles. The number of para-hydroxylation sites is 3. The molecular formula is C30H23N3O2S. The van der Waals surface area contributed by atoms with E-state index in [1.54, 1.807) is 4.90 Å². The maximum atomic E-state index is 14.0. The van der Waals surface area contributed by atoms with E-state index in [0.717, 1.165) is 26.8 Å². The molecule has 1 amide bonds. The molecule has 0 saturated carbocycles. The summed E-state index contributed by atoms with van der Waals surface area (Å²) in [4.78, 5) is 33.7. The average Bonchev–Trinajstić information content (AvgIpc) is 3.35. The summed E-state index contributed by atoms with van der Waals surface area (Å²) in [7, 11) is 0. The Labute approximate surface area is 211 Å². The molecule has 176 valence electrons. The van der Waals surface area contributed by atoms with Crippen molar-refractivity contribution in [2.75, 3.05) is 11.4 Å². The summed E-state index contributed by atoms with van der Waals surface area (Å²) in [6.45, 7) is 0.616. The van der Waals surface area contributed by atoms with Crippen molar-refractivity contribution in [2.45, 2.75) is 13.0 Å². The number of hydrogen-bond acceptors (Lipinski definition) is 4. The van der Waals surface area contributed by atoms with Crippen LogP contribution in [-0.2, 0) is 17.8 Å². The van der Waals surface area contributed by atoms with E-state index >= 15 is 0 Å². The molecule has 0 aliphatic heterocycles. The highest BCUT2D eigenvalue weighted by atomic mass is 32.1. The van der Waals surface area contributed by atoms with Crippen LogP contribution in [0.5, 0.6) is 0 Å². The van der Waals surface area contributed by atoms with E-state index < -0.39 is 0 Å². The summed E-state index contributed by atoms with van der Waals surface area (Å²) in [6, 6.07) is 33.1. The van der Waals surface area contributed by atoms with Crippen LogP contribution in [0.2, 0.25) is 0 Å². The Hall–Kier alpha value is -4.29. The van der Waals surface area contributed by atoms with Gasteiger partial charge in [0.2, 0.25) is 5.91 Å². The minimum atomic E-state index is -0.0658. The Morgan fingerprint density at radius 2 is 1.39 bits per heavy atom. The monoisotopic (exact) mass is 489 g/mol. The van der Waals surface area contributed by atoms with E-state index in [-0.39, 0.29) is 17.9 Å². The van der Waals surface area contributed by atoms with Crippen molar-refractivity contribution in [1.82, 2.24) is 9.55 Å². The number of anilines is 1. The zero-order valence-electron chi connectivity index (χ0n) is 19.5. The largest absolute Gasteiger partial charge is 0.331 e. The molecule has 0 fully saturated rings. The van der Waals surface area contributed by atoms with E-state index in [0.29, 0.717) is 28.9 Å². The van der Waals surface area contributed by atoms with Crippen molar-refractivity contribution in [3.8, 4) is 0 Å². The maximum absolute atomic E-state index is 14.0. The lowest BCUT2D eigenvalue weighted by Gasteiger charge is -2.22. The molecule has 4 aromatic carbocycles. The molecule has 6 rings (SSSR count). The SMILES string of the molecule is O=C(Cn1c2ccccc2c(=O)c2ccccc21)N(CCc1ccccc1)c1nc2ccccc2s1. The summed E-state index contributed by atoms with van der Waals surface area (Å²) in [6.07, 6.45) is 0.716. The predicted octanol–water partition coefficient (Wildman–Crippen LogP) is 6.04. The number of benzene rings is 4. The Bertz CT molecular complexity index is 1680. The van der Waals surface area contributed by atoms with Gasteiger partial charge in [-0.3, -0.25) is 14.5 Å². The first kappa shape index (κ1) is 22.2. The number of amides is 1. The lowest BCUT2D eigenvalue weighted by Crippen LogP contribution is -2.36. The third-order valence-corrected chi connectivity index (χ3v) is 7.51. The first-order chi connectivity index (χ1) is 17.7. The van der Waals surface area contributed by atoms with Crippen LogP contribution >= 0.6 is 11.3 Å². The molecule has 5 nitrogen and oxygen atoms in total. The fourth-order valence-corrected chi connectivity index (χ4v) is 5.66. The number of nitrogens with zero attached hydrogens (tertiary/aromatic N) is 3. The Morgan fingerprint density at radius 1 is 0.778 bits per heavy atom. The van der Waals surface area contributed by atoms with Gasteiger partial charge in [0.25, 0.3) is 0 Å². The molecule has 0 atom stereocenters. The van der Waals surface area contributed by atoms with Crippen LogP contribution in [0, 0.1) is 0 Å². The summed E-state index contributed by atoms with van der Waals surface area (Å²) in [5, 5.41) is 1.91. The number of thiazole rings is 1. The molecular weight excluding hydrogens is 466 g/mol. The molecule has 2 heterocycles. The highest BCUT2D eigenvalue weighted by Gasteiger charge is 2.22. The molecule has 0 saturated heterocycles. The molecule has 0 aliphatic rings. The fraction of sp³-hybridized carbons (Fsp3) is 0.100. The van der Waals surface area contributed by atoms with E-state index in [4.69, 9.17) is 4.98 Å². The number of carbonyl (C=O) groups excluding carboxylic acids is 1. The van der Waals surface area contributed by atoms with Crippen molar-refractivity contribution in [3.05, 3.63) is 119 Å². The summed E-state index contributed by atoms with van der Waals surface area (Å²) in [5.74, 6) is -0.0658. The van der Waals surface area contributed by atoms with Gasteiger partial charge < -0.3 is 4.57 Å². The predicted molar refractivity (Wildman–Crippen MR) is 148 cm³/mol. The van der Waals surface area contributed by atoms with Crippen LogP contribution in [0.4, 0.5) is 5.13 Å². The van der Waals surface area contributed by atoms with Crippen LogP contribution in [0.15, 0.2) is 108 Å². The van der Waals surface area contributed by atoms with E-state index in [1.165, 1.54) is 11.3 Å². The quantitative estimate of drug-likeness (QED) is 0.268. The summed E-state index contributed by atoms with van der Waals surface area (Å²) >= 11 is 1.52. The smallest absolute Gasteiger partial charge is 0.248 e. The van der Waals surface area contributed by atoms with Gasteiger partial charge in [0.15, 0.2) is 10.6 Å². The summed E-state index contributed by atoms with van der Waals surface area (Å²) < 4.78 is 3.00. The zero-order valence-corrected chi connectivity index (χ0v) is 20.3. The number of rotatable bonds is 6. The Morgan fingerprint density at radius 3 is 2.08 bits per heavy atom. The molecule has 0 N–H and O–H groups in total. The van der Waals surface area contributed by atoms with Crippen LogP contribution in [0.1, 0.15) is 5.56 Å². The molecule has 0 spiro atoms. The van der Waals surface area contributed by atoms with E-state index in [1.807, 2.05) is 95.6 Å². The maximum Gasteiger partial charge on any atom is 0.248 e. The normalized spacial score (nSPS) is 11.3. The van der Waals surface area contributed by atoms with Gasteiger partial charge in [-0.1, -0.05) is 78.1 Å². The van der Waals surface area contributed by atoms with Gasteiger partial charge in [-0.25, -0.2) is 4.98 Å². The number of aromatic nitrogens is 2. The highest BCUT2D eigenvalue weighted by Crippen LogP contribution is 2.29. The number of hydrogen-bond donors (Lipinski definition) is 0. The minimum absolute atomic E-state index is 0.0167. The van der Waals surface area contributed by atoms with E-state index in [9.17, 15) is 9.59 Å². The third kappa shape index (κ3) is 4.06. The van der Waals surface area contributed by atoms with Crippen LogP contribution in [0.3, 0.4) is 0 Å². The molecule has 6 heteroatoms. The summed E-state index contributed by atoms with van der Waals surface area (Å²) in [5.41, 5.74) is 3.53. The number of carbonyl (C=O) groups is 1. The van der Waals surface area contributed by atoms with Crippen molar-refractivity contribution < 1.29 is 4.79 Å². The van der Waals surface area contributed by atoms with Crippen molar-refractivity contribution in [3.63, 3.8) is 0 Å². The second-order valence-electron chi connectivity index (χ2n) is 8.69. The molecule has 0 aliphatic carbocycles. The van der Waals surface area contributed by atoms with Gasteiger partial charge in [0.05, 0.1) is 21.3 Å². The zero-order chi connectivity index (χ0) is 24.5. The molecule has 0 bridgehead atoms. The van der Waals surface area contributed by atoms with Gasteiger partial charge >= 0.3 is 0 Å². The number of fused-ring (bicyclic) bond motifs is 3. The second kappa shape index (κ2) is 9.40. The molecule has 6 aromatic rings. The second-order valence-corrected chi connectivity index (χ2v) is 9.70. The molecule has 0 radical (unpaired) electrons. The van der Waals surface area contributed by atoms with Gasteiger partial charge in [-0.15, -0.1) is 0 Å². The van der Waals surface area contributed by atoms with E-state index in [2.05, 4.69) is 12.1 Å². The van der Waals surface area contributed by atoms with Crippen LogP contribution in [0.25, 0.3) is 32.0 Å². The topological polar surface area (TPSA) is 55.2 Å². The first-order valence-corrected chi connectivity index (χ1v) is 12.7. The average molecular weight is 490 g/mol. The standard InChI is InChI=1S/C30H23N3O2S/c34-28(20-33-25-15-7-4-12-22(25)29(35)23-13-5-8-16-26(23)33)32(19-18-21-10-2-1-3-11-21)30-31-24-14-6-9-17-27(24)36-30/h1-17H,18-20H2. The van der Waals surface area contributed by atoms with Gasteiger partial charge in [-0.2, -0.15) is 0 Å². The fourth-order valence-electron chi connectivity index (χ4n) is 4.66. The van der Waals surface area contributed by atoms with Crippen LogP contribution < -0.4 is 10.3 Å². The lowest BCUT2D eigenvalue weighted by molar-refractivity contribution is -0.119. The molecule has 0 unspecified atom stereocenters. The minimum Gasteiger partial charge on any atom is -0.331 e. The molecule has 36 heavy (non-hydrogen) atoms. The lowest BCUT2D eigenvalue weighted by atomic mass is 10.1. The van der Waals surface area contributed by atoms with Gasteiger partial charge in [-0.05, 0) is 48.4 Å². The first-order valence-electron chi connectivity index (χ1n) is 11.9. The Kier molecular flexibility index (Phi) is 5.79. The number of pyridine rings is 1.